The third kappa shape index (κ3) is 3.93. The Labute approximate surface area is 150 Å². The van der Waals surface area contributed by atoms with Crippen molar-refractivity contribution in [3.8, 4) is 11.3 Å². The summed E-state index contributed by atoms with van der Waals surface area (Å²) in [6.45, 7) is 6.01. The second-order valence-corrected chi connectivity index (χ2v) is 7.30. The molecule has 0 atom stereocenters. The van der Waals surface area contributed by atoms with Crippen molar-refractivity contribution < 1.29 is 0 Å². The monoisotopic (exact) mass is 333 g/mol. The van der Waals surface area contributed by atoms with E-state index < -0.39 is 0 Å². The van der Waals surface area contributed by atoms with Crippen LogP contribution in [0.4, 0.5) is 0 Å². The highest BCUT2D eigenvalue weighted by Crippen LogP contribution is 2.21. The molecular formula is C22H27N3. The molecule has 3 heterocycles. The van der Waals surface area contributed by atoms with E-state index in [9.17, 15) is 0 Å². The molecule has 0 saturated carbocycles. The minimum absolute atomic E-state index is 1.01. The fourth-order valence-corrected chi connectivity index (χ4v) is 3.74. The number of hydrogen-bond donors (Lipinski definition) is 0. The van der Waals surface area contributed by atoms with Gasteiger partial charge in [0.1, 0.15) is 5.65 Å². The van der Waals surface area contributed by atoms with Crippen molar-refractivity contribution >= 4 is 5.65 Å². The van der Waals surface area contributed by atoms with Crippen molar-refractivity contribution in [3.63, 3.8) is 0 Å². The lowest BCUT2D eigenvalue weighted by molar-refractivity contribution is 0.330. The molecule has 1 aliphatic heterocycles. The maximum Gasteiger partial charge on any atom is 0.137 e. The predicted octanol–water partition coefficient (Wildman–Crippen LogP) is 4.73. The number of hydrogen-bond acceptors (Lipinski definition) is 2. The van der Waals surface area contributed by atoms with Crippen LogP contribution < -0.4 is 0 Å². The van der Waals surface area contributed by atoms with Gasteiger partial charge in [-0.2, -0.15) is 0 Å². The number of fused-ring (bicyclic) bond motifs is 1. The van der Waals surface area contributed by atoms with E-state index in [0.29, 0.717) is 0 Å². The standard InChI is InChI=1S/C22H27N3/c1-18-11-15-25-17-21(23-22(25)16-18)20-9-7-19(8-10-20)6-2-3-12-24-13-4-5-14-24/h7-11,15-17H,2-6,12-14H2,1H3. The molecule has 1 saturated heterocycles. The van der Waals surface area contributed by atoms with Crippen LogP contribution in [-0.2, 0) is 6.42 Å². The predicted molar refractivity (Wildman–Crippen MR) is 104 cm³/mol. The minimum Gasteiger partial charge on any atom is -0.306 e. The fraction of sp³-hybridized carbons (Fsp3) is 0.409. The van der Waals surface area contributed by atoms with Crippen LogP contribution >= 0.6 is 0 Å². The maximum atomic E-state index is 4.75. The van der Waals surface area contributed by atoms with Gasteiger partial charge in [0.25, 0.3) is 0 Å². The van der Waals surface area contributed by atoms with Gasteiger partial charge >= 0.3 is 0 Å². The lowest BCUT2D eigenvalue weighted by Gasteiger charge is -2.13. The van der Waals surface area contributed by atoms with E-state index in [1.807, 2.05) is 0 Å². The van der Waals surface area contributed by atoms with E-state index in [2.05, 4.69) is 65.0 Å². The van der Waals surface area contributed by atoms with Gasteiger partial charge in [-0.3, -0.25) is 0 Å². The number of benzene rings is 1. The van der Waals surface area contributed by atoms with E-state index in [0.717, 1.165) is 11.3 Å². The number of rotatable bonds is 6. The van der Waals surface area contributed by atoms with Crippen LogP contribution in [0.2, 0.25) is 0 Å². The molecule has 130 valence electrons. The number of nitrogens with zero attached hydrogens (tertiary/aromatic N) is 3. The molecule has 0 aliphatic carbocycles. The zero-order valence-electron chi connectivity index (χ0n) is 15.1. The molecule has 0 unspecified atom stereocenters. The highest BCUT2D eigenvalue weighted by atomic mass is 15.1. The first-order valence-corrected chi connectivity index (χ1v) is 9.55. The maximum absolute atomic E-state index is 4.75. The van der Waals surface area contributed by atoms with Gasteiger partial charge in [0.05, 0.1) is 5.69 Å². The van der Waals surface area contributed by atoms with Gasteiger partial charge in [-0.05, 0) is 81.9 Å². The molecule has 3 heteroatoms. The number of aromatic nitrogens is 2. The van der Waals surface area contributed by atoms with E-state index in [-0.39, 0.29) is 0 Å². The molecule has 0 bridgehead atoms. The lowest BCUT2D eigenvalue weighted by atomic mass is 10.0. The summed E-state index contributed by atoms with van der Waals surface area (Å²) in [6, 6.07) is 13.2. The second kappa shape index (κ2) is 7.40. The Morgan fingerprint density at radius 1 is 1.00 bits per heavy atom. The molecule has 4 rings (SSSR count). The van der Waals surface area contributed by atoms with Crippen molar-refractivity contribution in [2.24, 2.45) is 0 Å². The van der Waals surface area contributed by atoms with Gasteiger partial charge in [0, 0.05) is 18.0 Å². The van der Waals surface area contributed by atoms with Crippen LogP contribution in [0.3, 0.4) is 0 Å². The van der Waals surface area contributed by atoms with Crippen molar-refractivity contribution in [1.29, 1.82) is 0 Å². The topological polar surface area (TPSA) is 20.5 Å². The average molecular weight is 333 g/mol. The van der Waals surface area contributed by atoms with Gasteiger partial charge in [0.15, 0.2) is 0 Å². The zero-order valence-corrected chi connectivity index (χ0v) is 15.1. The minimum atomic E-state index is 1.01. The highest BCUT2D eigenvalue weighted by molar-refractivity contribution is 5.63. The molecule has 0 spiro atoms. The van der Waals surface area contributed by atoms with Crippen LogP contribution in [0.15, 0.2) is 48.8 Å². The summed E-state index contributed by atoms with van der Waals surface area (Å²) in [7, 11) is 0. The first kappa shape index (κ1) is 16.3. The van der Waals surface area contributed by atoms with E-state index >= 15 is 0 Å². The Kier molecular flexibility index (Phi) is 4.84. The SMILES string of the molecule is Cc1ccn2cc(-c3ccc(CCCCN4CCCC4)cc3)nc2c1. The highest BCUT2D eigenvalue weighted by Gasteiger charge is 2.10. The third-order valence-corrected chi connectivity index (χ3v) is 5.25. The van der Waals surface area contributed by atoms with Crippen molar-refractivity contribution in [2.45, 2.75) is 39.0 Å². The number of imidazole rings is 1. The Hall–Kier alpha value is -2.13. The Morgan fingerprint density at radius 2 is 1.80 bits per heavy atom. The molecule has 0 amide bonds. The molecular weight excluding hydrogens is 306 g/mol. The summed E-state index contributed by atoms with van der Waals surface area (Å²) in [4.78, 5) is 7.36. The molecule has 3 aromatic rings. The number of unbranched alkanes of at least 4 members (excludes halogenated alkanes) is 1. The first-order valence-electron chi connectivity index (χ1n) is 9.55. The molecule has 1 aliphatic rings. The summed E-state index contributed by atoms with van der Waals surface area (Å²) >= 11 is 0. The van der Waals surface area contributed by atoms with Crippen LogP contribution in [0.25, 0.3) is 16.9 Å². The van der Waals surface area contributed by atoms with Gasteiger partial charge < -0.3 is 9.30 Å². The molecule has 0 N–H and O–H groups in total. The summed E-state index contributed by atoms with van der Waals surface area (Å²) in [6.07, 6.45) is 10.7. The van der Waals surface area contributed by atoms with Gasteiger partial charge in [-0.1, -0.05) is 24.3 Å². The largest absolute Gasteiger partial charge is 0.306 e. The van der Waals surface area contributed by atoms with E-state index in [1.54, 1.807) is 0 Å². The smallest absolute Gasteiger partial charge is 0.137 e. The van der Waals surface area contributed by atoms with Gasteiger partial charge in [-0.15, -0.1) is 0 Å². The third-order valence-electron chi connectivity index (χ3n) is 5.25. The Morgan fingerprint density at radius 3 is 2.60 bits per heavy atom. The van der Waals surface area contributed by atoms with Crippen LogP contribution in [0.5, 0.6) is 0 Å². The van der Waals surface area contributed by atoms with Crippen LogP contribution in [-0.4, -0.2) is 33.9 Å². The first-order chi connectivity index (χ1) is 12.3. The summed E-state index contributed by atoms with van der Waals surface area (Å²) in [5.41, 5.74) is 5.94. The van der Waals surface area contributed by atoms with Crippen molar-refractivity contribution in [2.75, 3.05) is 19.6 Å². The van der Waals surface area contributed by atoms with Crippen molar-refractivity contribution in [1.82, 2.24) is 14.3 Å². The van der Waals surface area contributed by atoms with Crippen molar-refractivity contribution in [3.05, 3.63) is 59.9 Å². The molecule has 2 aromatic heterocycles. The number of likely N-dealkylation sites (tertiary alicyclic amines) is 1. The van der Waals surface area contributed by atoms with E-state index in [1.165, 1.54) is 68.4 Å². The Balaban J connectivity index is 1.35. The fourth-order valence-electron chi connectivity index (χ4n) is 3.74. The zero-order chi connectivity index (χ0) is 17.1. The van der Waals surface area contributed by atoms with Crippen LogP contribution in [0.1, 0.15) is 36.8 Å². The molecule has 1 aromatic carbocycles. The molecule has 0 radical (unpaired) electrons. The number of pyridine rings is 1. The van der Waals surface area contributed by atoms with Gasteiger partial charge in [-0.25, -0.2) is 4.98 Å². The summed E-state index contributed by atoms with van der Waals surface area (Å²) in [5, 5.41) is 0. The quantitative estimate of drug-likeness (QED) is 0.608. The average Bonchev–Trinajstić information content (AvgIpc) is 3.28. The normalized spacial score (nSPS) is 15.2. The second-order valence-electron chi connectivity index (χ2n) is 7.30. The van der Waals surface area contributed by atoms with E-state index in [4.69, 9.17) is 4.98 Å². The summed E-state index contributed by atoms with van der Waals surface area (Å²) in [5.74, 6) is 0. The molecule has 3 nitrogen and oxygen atoms in total. The van der Waals surface area contributed by atoms with Crippen LogP contribution in [0, 0.1) is 6.92 Å². The number of aryl methyl sites for hydroxylation is 2. The van der Waals surface area contributed by atoms with Gasteiger partial charge in [0.2, 0.25) is 0 Å². The summed E-state index contributed by atoms with van der Waals surface area (Å²) < 4.78 is 2.09. The lowest BCUT2D eigenvalue weighted by Crippen LogP contribution is -2.20. The Bertz CT molecular complexity index is 826. The molecule has 25 heavy (non-hydrogen) atoms. The molecule has 1 fully saturated rings.